The van der Waals surface area contributed by atoms with Gasteiger partial charge < -0.3 is 4.74 Å². The molecule has 33 aliphatic carbocycles. The molecule has 34 rings (SSSR count). The van der Waals surface area contributed by atoms with Gasteiger partial charge in [-0.2, -0.15) is 0 Å². The van der Waals surface area contributed by atoms with Gasteiger partial charge in [-0.3, -0.25) is 4.79 Å². The minimum absolute atomic E-state index is 0.129. The Morgan fingerprint density at radius 2 is 0.554 bits per heavy atom. The van der Waals surface area contributed by atoms with E-state index in [1.807, 2.05) is 5.56 Å². The number of benzene rings is 1. The van der Waals surface area contributed by atoms with Crippen molar-refractivity contribution < 1.29 is 9.53 Å². The third-order valence-electron chi connectivity index (χ3n) is 44.2. The number of hydrogen-bond acceptors (Lipinski definition) is 2. The molecule has 372 valence electrons. The first kappa shape index (κ1) is 34.1. The van der Waals surface area contributed by atoms with Gasteiger partial charge in [0.25, 0.3) is 0 Å². The molecule has 1 aromatic rings. The summed E-state index contributed by atoms with van der Waals surface area (Å²) in [6.07, 6.45) is 3.23. The molecule has 0 saturated heterocycles. The minimum Gasteiger partial charge on any atom is -0.469 e. The third kappa shape index (κ3) is 2.03. The third-order valence-corrected chi connectivity index (χ3v) is 44.2. The summed E-state index contributed by atoms with van der Waals surface area (Å²) < 4.78 is 5.77. The van der Waals surface area contributed by atoms with Gasteiger partial charge in [-0.1, -0.05) is 30.3 Å². The van der Waals surface area contributed by atoms with E-state index < -0.39 is 0 Å². The molecule has 2 heteroatoms. The number of hydrogen-bond donors (Lipinski definition) is 0. The number of carbonyl (C=O) groups excluding carboxylic acids is 1. The van der Waals surface area contributed by atoms with Gasteiger partial charge in [0.2, 0.25) is 0 Å². The molecular weight excluding hydrogens is 897 g/mol. The molecule has 2 bridgehead atoms. The topological polar surface area (TPSA) is 26.3 Å². The summed E-state index contributed by atoms with van der Waals surface area (Å²) in [7, 11) is 1.74. The number of carbonyl (C=O) groups is 1. The molecule has 74 heavy (non-hydrogen) atoms. The number of methoxy groups -OCH3 is 1. The number of ether oxygens (including phenoxy) is 1. The van der Waals surface area contributed by atoms with E-state index in [9.17, 15) is 4.79 Å². The first-order chi connectivity index (χ1) is 36.8. The van der Waals surface area contributed by atoms with Crippen molar-refractivity contribution in [2.75, 3.05) is 7.11 Å². The van der Waals surface area contributed by atoms with Crippen LogP contribution in [0.3, 0.4) is 0 Å². The van der Waals surface area contributed by atoms with Crippen molar-refractivity contribution in [1.29, 1.82) is 0 Å². The van der Waals surface area contributed by atoms with E-state index in [1.54, 1.807) is 7.11 Å². The molecule has 33 aliphatic rings. The SMILES string of the molecule is COC(=O)CCCC1(c2ccccc2)C23C4C5C6C7C8C9C%10C%11C%12C%13C%14C%10C8C8C%10C%14C%14C%13C%13C%15C%12C%12C%11C%11C9C9C%16C%11C%11C%12C%12C%15C%15C%13C%13C%14C%14C%10C(C86)C4C4C%14C%13C6C%15C8C%12C%11C%10C%16C(C5C97)C2C%10C8C61C43. The second kappa shape index (κ2) is 8.47. The zero-order chi connectivity index (χ0) is 44.5. The molecule has 0 aromatic heterocycles. The average molecular weight is 969 g/mol. The van der Waals surface area contributed by atoms with E-state index in [2.05, 4.69) is 30.3 Å². The smallest absolute Gasteiger partial charge is 0.305 e. The standard InChI is InChI=1S/C72H72O2/c1-74-11(73)8-5-9-70(10-6-3-2-4-7-10)71-65-59-49-41-28-24-15-16-14-12-13-17(15)26(28)33-29-19(13)20-18(12)22-23-21(14)27-25(16)34-30(24)42-44(41)56(59)63-62-52(42)46(34)48-40(27)43-36(23)37-31(22)35-32(20)39-38(29)50(45(33)49)60(65)61-51(39)47(35)54-53(37)58-55(43)57(48)66(62)72(70,69(63)71)67(58)64(54)68(61)71/h2-4,6-7,12-69H,5,8-9H2,1H3. The lowest BCUT2D eigenvalue weighted by Crippen LogP contribution is -2.89. The maximum absolute atomic E-state index is 13.9. The Morgan fingerprint density at radius 3 is 0.865 bits per heavy atom. The Balaban J connectivity index is 0.841. The van der Waals surface area contributed by atoms with E-state index in [1.165, 1.54) is 273 Å². The largest absolute Gasteiger partial charge is 0.469 e. The predicted octanol–water partition coefficient (Wildman–Crippen LogP) is 9.42. The molecular formula is C72H72O2. The highest BCUT2D eigenvalue weighted by Crippen LogP contribution is 3.12. The minimum atomic E-state index is 0.129. The molecule has 33 saturated carbocycles. The lowest BCUT2D eigenvalue weighted by atomic mass is 9.13. The van der Waals surface area contributed by atoms with Crippen LogP contribution in [0.15, 0.2) is 30.3 Å². The summed E-state index contributed by atoms with van der Waals surface area (Å²) in [5.74, 6) is 69.8. The summed E-state index contributed by atoms with van der Waals surface area (Å²) in [5.41, 5.74) is 3.38. The van der Waals surface area contributed by atoms with Gasteiger partial charge >= 0.3 is 5.97 Å². The fourth-order valence-corrected chi connectivity index (χ4v) is 50.7. The second-order valence-corrected chi connectivity index (χ2v) is 38.7. The molecule has 33 fully saturated rings. The Labute approximate surface area is 435 Å². The van der Waals surface area contributed by atoms with Crippen molar-refractivity contribution in [3.8, 4) is 0 Å². The molecule has 0 aliphatic heterocycles. The van der Waals surface area contributed by atoms with E-state index >= 15 is 0 Å². The van der Waals surface area contributed by atoms with Crippen molar-refractivity contribution in [1.82, 2.24) is 0 Å². The Kier molecular flexibility index (Phi) is 3.90. The van der Waals surface area contributed by atoms with E-state index in [4.69, 9.17) is 4.74 Å². The second-order valence-electron chi connectivity index (χ2n) is 38.7. The van der Waals surface area contributed by atoms with E-state index in [-0.39, 0.29) is 5.97 Å². The lowest BCUT2D eigenvalue weighted by Gasteiger charge is -2.90. The van der Waals surface area contributed by atoms with Crippen LogP contribution in [0.2, 0.25) is 0 Å². The van der Waals surface area contributed by atoms with Gasteiger partial charge in [-0.05, 0) is 372 Å². The van der Waals surface area contributed by atoms with Crippen LogP contribution in [0.25, 0.3) is 0 Å². The molecule has 0 heterocycles. The highest BCUT2D eigenvalue weighted by molar-refractivity contribution is 5.69. The van der Waals surface area contributed by atoms with Crippen molar-refractivity contribution >= 4 is 5.97 Å². The molecule has 2 nitrogen and oxygen atoms in total. The van der Waals surface area contributed by atoms with Crippen LogP contribution in [-0.4, -0.2) is 13.1 Å². The average Bonchev–Trinajstić information content (AvgIpc) is 3.78. The maximum atomic E-state index is 13.9. The Morgan fingerprint density at radius 1 is 0.324 bits per heavy atom. The number of rotatable bonds is 5. The quantitative estimate of drug-likeness (QED) is 0.275. The van der Waals surface area contributed by atoms with Crippen LogP contribution in [0, 0.1) is 354 Å². The van der Waals surface area contributed by atoms with Gasteiger partial charge in [0.05, 0.1) is 7.11 Å². The zero-order valence-electron chi connectivity index (χ0n) is 42.8. The Bertz CT molecular complexity index is 2910. The predicted molar refractivity (Wildman–Crippen MR) is 261 cm³/mol. The van der Waals surface area contributed by atoms with Crippen molar-refractivity contribution in [2.24, 2.45) is 354 Å². The van der Waals surface area contributed by atoms with Crippen LogP contribution in [0.4, 0.5) is 0 Å². The molecule has 61 atom stereocenters. The summed E-state index contributed by atoms with van der Waals surface area (Å²) in [5, 5.41) is 0. The summed E-state index contributed by atoms with van der Waals surface area (Å²) in [6.45, 7) is 0. The van der Waals surface area contributed by atoms with Gasteiger partial charge in [-0.15, -0.1) is 0 Å². The highest BCUT2D eigenvalue weighted by Gasteiger charge is 3.10. The van der Waals surface area contributed by atoms with Crippen molar-refractivity contribution in [2.45, 2.75) is 24.7 Å². The van der Waals surface area contributed by atoms with E-state index in [0.29, 0.717) is 22.7 Å². The molecule has 1 aromatic carbocycles. The monoisotopic (exact) mass is 969 g/mol. The van der Waals surface area contributed by atoms with Crippen LogP contribution in [-0.2, 0) is 14.9 Å². The first-order valence-electron chi connectivity index (χ1n) is 34.9. The summed E-state index contributed by atoms with van der Waals surface area (Å²) >= 11 is 0. The normalized spacial score (nSPS) is 94.1. The van der Waals surface area contributed by atoms with Crippen molar-refractivity contribution in [3.05, 3.63) is 35.9 Å². The van der Waals surface area contributed by atoms with Crippen LogP contribution in [0.1, 0.15) is 24.8 Å². The summed E-state index contributed by atoms with van der Waals surface area (Å²) in [6, 6.07) is 13.6. The number of esters is 1. The van der Waals surface area contributed by atoms with Crippen LogP contribution >= 0.6 is 0 Å². The molecule has 2 spiro atoms. The molecule has 61 unspecified atom stereocenters. The maximum Gasteiger partial charge on any atom is 0.305 e. The fraction of sp³-hybridized carbons (Fsp3) is 0.903. The van der Waals surface area contributed by atoms with Gasteiger partial charge in [0, 0.05) is 11.8 Å². The van der Waals surface area contributed by atoms with Gasteiger partial charge in [0.1, 0.15) is 0 Å². The Hall–Kier alpha value is -1.31. The summed E-state index contributed by atoms with van der Waals surface area (Å²) in [4.78, 5) is 13.9. The fourth-order valence-electron chi connectivity index (χ4n) is 50.7. The molecule has 0 radical (unpaired) electrons. The van der Waals surface area contributed by atoms with Gasteiger partial charge in [-0.25, -0.2) is 0 Å². The highest BCUT2D eigenvalue weighted by atomic mass is 16.5. The van der Waals surface area contributed by atoms with E-state index in [0.717, 1.165) is 83.4 Å². The molecule has 0 N–H and O–H groups in total. The van der Waals surface area contributed by atoms with Crippen LogP contribution in [0.5, 0.6) is 0 Å². The first-order valence-corrected chi connectivity index (χ1v) is 34.9. The van der Waals surface area contributed by atoms with Crippen molar-refractivity contribution in [3.63, 3.8) is 0 Å². The van der Waals surface area contributed by atoms with Crippen LogP contribution < -0.4 is 0 Å². The zero-order valence-corrected chi connectivity index (χ0v) is 42.8. The lowest BCUT2D eigenvalue weighted by molar-refractivity contribution is -0.408. The van der Waals surface area contributed by atoms with Gasteiger partial charge in [0.15, 0.2) is 0 Å². The molecule has 0 amide bonds.